The van der Waals surface area contributed by atoms with Gasteiger partial charge in [-0.05, 0) is 45.4 Å². The maximum Gasteiger partial charge on any atom is 0.229 e. The number of methoxy groups -OCH3 is 1. The fraction of sp³-hybridized carbons (Fsp3) is 0.500. The van der Waals surface area contributed by atoms with Gasteiger partial charge in [0.25, 0.3) is 0 Å². The fourth-order valence-corrected chi connectivity index (χ4v) is 3.56. The highest BCUT2D eigenvalue weighted by Gasteiger charge is 2.36. The van der Waals surface area contributed by atoms with Crippen molar-refractivity contribution in [3.8, 4) is 17.4 Å². The van der Waals surface area contributed by atoms with Gasteiger partial charge in [-0.25, -0.2) is 9.97 Å². The number of carbonyl (C=O) groups is 1. The number of nitrogens with zero attached hydrogens (tertiary/aromatic N) is 4. The lowest BCUT2D eigenvalue weighted by Gasteiger charge is -2.43. The normalized spacial score (nSPS) is 17.1. The number of alkyl halides is 1. The molecular formula is C22H29ClN4O3. The van der Waals surface area contributed by atoms with Gasteiger partial charge < -0.3 is 19.3 Å². The molecule has 1 saturated heterocycles. The zero-order chi connectivity index (χ0) is 21.9. The first kappa shape index (κ1) is 22.2. The Labute approximate surface area is 183 Å². The average Bonchev–Trinajstić information content (AvgIpc) is 2.74. The second-order valence-electron chi connectivity index (χ2n) is 8.28. The Kier molecular flexibility index (Phi) is 6.71. The standard InChI is InChI=1S/C22H29ClN4O3/c1-15-6-7-17(18(10-15)29-5)30-20-11-19(24-14-25-20)26-8-9-27(16(2)12-26)21(28)22(3,4)13-23/h6-7,10-11,14,16H,8-9,12-13H2,1-5H3/t16-/m0/s1. The molecule has 1 fully saturated rings. The van der Waals surface area contributed by atoms with Crippen molar-refractivity contribution in [1.29, 1.82) is 0 Å². The van der Waals surface area contributed by atoms with E-state index in [0.29, 0.717) is 42.9 Å². The molecule has 30 heavy (non-hydrogen) atoms. The van der Waals surface area contributed by atoms with Gasteiger partial charge in [-0.2, -0.15) is 0 Å². The predicted molar refractivity (Wildman–Crippen MR) is 118 cm³/mol. The number of carbonyl (C=O) groups excluding carboxylic acids is 1. The Morgan fingerprint density at radius 2 is 2.00 bits per heavy atom. The molecule has 0 aliphatic carbocycles. The van der Waals surface area contributed by atoms with E-state index >= 15 is 0 Å². The summed E-state index contributed by atoms with van der Waals surface area (Å²) in [7, 11) is 1.61. The molecule has 0 saturated carbocycles. The SMILES string of the molecule is COc1cc(C)ccc1Oc1cc(N2CCN(C(=O)C(C)(C)CCl)[C@@H](C)C2)ncn1. The van der Waals surface area contributed by atoms with Crippen LogP contribution in [-0.4, -0.2) is 59.4 Å². The number of hydrogen-bond donors (Lipinski definition) is 0. The topological polar surface area (TPSA) is 67.8 Å². The summed E-state index contributed by atoms with van der Waals surface area (Å²) in [5.41, 5.74) is 0.516. The molecule has 7 nitrogen and oxygen atoms in total. The number of amides is 1. The number of halogens is 1. The van der Waals surface area contributed by atoms with E-state index < -0.39 is 5.41 Å². The number of benzene rings is 1. The van der Waals surface area contributed by atoms with Crippen molar-refractivity contribution < 1.29 is 14.3 Å². The maximum atomic E-state index is 12.8. The number of aromatic nitrogens is 2. The molecule has 162 valence electrons. The summed E-state index contributed by atoms with van der Waals surface area (Å²) >= 11 is 6.00. The number of anilines is 1. The van der Waals surface area contributed by atoms with Crippen LogP contribution in [0, 0.1) is 12.3 Å². The number of rotatable bonds is 6. The summed E-state index contributed by atoms with van der Waals surface area (Å²) in [6.07, 6.45) is 1.49. The molecule has 8 heteroatoms. The smallest absolute Gasteiger partial charge is 0.229 e. The van der Waals surface area contributed by atoms with Gasteiger partial charge in [0.2, 0.25) is 11.8 Å². The third-order valence-corrected chi connectivity index (χ3v) is 5.95. The summed E-state index contributed by atoms with van der Waals surface area (Å²) in [5, 5.41) is 0. The van der Waals surface area contributed by atoms with E-state index in [2.05, 4.69) is 14.9 Å². The van der Waals surface area contributed by atoms with E-state index in [9.17, 15) is 4.79 Å². The zero-order valence-corrected chi connectivity index (χ0v) is 18.9. The zero-order valence-electron chi connectivity index (χ0n) is 18.2. The molecule has 1 amide bonds. The third-order valence-electron chi connectivity index (χ3n) is 5.29. The van der Waals surface area contributed by atoms with E-state index in [1.807, 2.05) is 56.9 Å². The number of aryl methyl sites for hydroxylation is 1. The predicted octanol–water partition coefficient (Wildman–Crippen LogP) is 3.89. The number of ether oxygens (including phenoxy) is 2. The van der Waals surface area contributed by atoms with Gasteiger partial charge in [0.15, 0.2) is 11.5 Å². The van der Waals surface area contributed by atoms with Crippen molar-refractivity contribution in [3.63, 3.8) is 0 Å². The highest BCUT2D eigenvalue weighted by atomic mass is 35.5. The van der Waals surface area contributed by atoms with Gasteiger partial charge in [-0.15, -0.1) is 11.6 Å². The van der Waals surface area contributed by atoms with Crippen LogP contribution in [0.2, 0.25) is 0 Å². The summed E-state index contributed by atoms with van der Waals surface area (Å²) < 4.78 is 11.4. The Morgan fingerprint density at radius 3 is 2.67 bits per heavy atom. The van der Waals surface area contributed by atoms with Crippen molar-refractivity contribution in [2.45, 2.75) is 33.7 Å². The molecule has 1 aliphatic heterocycles. The highest BCUT2D eigenvalue weighted by molar-refractivity contribution is 6.19. The molecule has 2 heterocycles. The Balaban J connectivity index is 1.72. The summed E-state index contributed by atoms with van der Waals surface area (Å²) in [6.45, 7) is 9.78. The van der Waals surface area contributed by atoms with Crippen LogP contribution in [0.25, 0.3) is 0 Å². The van der Waals surface area contributed by atoms with Crippen molar-refractivity contribution >= 4 is 23.3 Å². The van der Waals surface area contributed by atoms with E-state index in [1.165, 1.54) is 6.33 Å². The van der Waals surface area contributed by atoms with Crippen molar-refractivity contribution in [3.05, 3.63) is 36.2 Å². The second kappa shape index (κ2) is 9.08. The fourth-order valence-electron chi connectivity index (χ4n) is 3.44. The first-order valence-corrected chi connectivity index (χ1v) is 10.5. The van der Waals surface area contributed by atoms with Crippen LogP contribution in [0.4, 0.5) is 5.82 Å². The molecule has 2 aromatic rings. The first-order valence-electron chi connectivity index (χ1n) is 10.0. The van der Waals surface area contributed by atoms with Crippen LogP contribution in [0.5, 0.6) is 17.4 Å². The lowest BCUT2D eigenvalue weighted by atomic mass is 9.93. The summed E-state index contributed by atoms with van der Waals surface area (Å²) in [6, 6.07) is 7.59. The second-order valence-corrected chi connectivity index (χ2v) is 8.55. The molecule has 1 aromatic heterocycles. The highest BCUT2D eigenvalue weighted by Crippen LogP contribution is 2.32. The van der Waals surface area contributed by atoms with Crippen LogP contribution < -0.4 is 14.4 Å². The molecule has 1 aliphatic rings. The molecule has 1 atom stereocenters. The molecule has 0 bridgehead atoms. The molecule has 0 unspecified atom stereocenters. The summed E-state index contributed by atoms with van der Waals surface area (Å²) in [4.78, 5) is 25.5. The third kappa shape index (κ3) is 4.78. The van der Waals surface area contributed by atoms with Crippen molar-refractivity contribution in [2.24, 2.45) is 5.41 Å². The van der Waals surface area contributed by atoms with Gasteiger partial charge in [-0.1, -0.05) is 6.07 Å². The molecule has 0 N–H and O–H groups in total. The van der Waals surface area contributed by atoms with E-state index in [0.717, 1.165) is 11.4 Å². The van der Waals surface area contributed by atoms with Gasteiger partial charge >= 0.3 is 0 Å². The van der Waals surface area contributed by atoms with Gasteiger partial charge in [0.1, 0.15) is 12.1 Å². The van der Waals surface area contributed by atoms with Crippen LogP contribution in [0.15, 0.2) is 30.6 Å². The van der Waals surface area contributed by atoms with Gasteiger partial charge in [0.05, 0.1) is 12.5 Å². The van der Waals surface area contributed by atoms with E-state index in [4.69, 9.17) is 21.1 Å². The van der Waals surface area contributed by atoms with Crippen molar-refractivity contribution in [2.75, 3.05) is 37.5 Å². The van der Waals surface area contributed by atoms with Gasteiger partial charge in [-0.3, -0.25) is 4.79 Å². The monoisotopic (exact) mass is 432 g/mol. The van der Waals surface area contributed by atoms with Gasteiger partial charge in [0, 0.05) is 37.6 Å². The minimum atomic E-state index is -0.568. The average molecular weight is 433 g/mol. The minimum Gasteiger partial charge on any atom is -0.493 e. The van der Waals surface area contributed by atoms with E-state index in [-0.39, 0.29) is 11.9 Å². The van der Waals surface area contributed by atoms with Crippen LogP contribution in [0.1, 0.15) is 26.3 Å². The lowest BCUT2D eigenvalue weighted by Crippen LogP contribution is -2.57. The first-order chi connectivity index (χ1) is 14.2. The lowest BCUT2D eigenvalue weighted by molar-refractivity contribution is -0.141. The quantitative estimate of drug-likeness (QED) is 0.645. The molecular weight excluding hydrogens is 404 g/mol. The minimum absolute atomic E-state index is 0.0465. The van der Waals surface area contributed by atoms with E-state index in [1.54, 1.807) is 7.11 Å². The number of hydrogen-bond acceptors (Lipinski definition) is 6. The maximum absolute atomic E-state index is 12.8. The number of piperazine rings is 1. The largest absolute Gasteiger partial charge is 0.493 e. The van der Waals surface area contributed by atoms with Crippen LogP contribution in [-0.2, 0) is 4.79 Å². The Bertz CT molecular complexity index is 906. The van der Waals surface area contributed by atoms with Crippen LogP contribution in [0.3, 0.4) is 0 Å². The molecule has 0 spiro atoms. The molecule has 1 aromatic carbocycles. The molecule has 0 radical (unpaired) electrons. The Hall–Kier alpha value is -2.54. The Morgan fingerprint density at radius 1 is 1.23 bits per heavy atom. The van der Waals surface area contributed by atoms with Crippen molar-refractivity contribution in [1.82, 2.24) is 14.9 Å². The molecule has 3 rings (SSSR count). The van der Waals surface area contributed by atoms with Crippen LogP contribution >= 0.6 is 11.6 Å². The summed E-state index contributed by atoms with van der Waals surface area (Å²) in [5.74, 6) is 2.84.